The van der Waals surface area contributed by atoms with E-state index in [2.05, 4.69) is 0 Å². The van der Waals surface area contributed by atoms with Gasteiger partial charge in [0, 0.05) is 32.5 Å². The van der Waals surface area contributed by atoms with Gasteiger partial charge in [-0.1, -0.05) is 0 Å². The van der Waals surface area contributed by atoms with Gasteiger partial charge in [-0.3, -0.25) is 10.1 Å². The molecule has 1 atom stereocenters. The number of ether oxygens (including phenoxy) is 1. The number of hydrogen-bond donors (Lipinski definition) is 2. The highest BCUT2D eigenvalue weighted by molar-refractivity contribution is 5.55. The fraction of sp³-hybridized carbons (Fsp3) is 0.500. The van der Waals surface area contributed by atoms with Crippen molar-refractivity contribution in [2.24, 2.45) is 0 Å². The maximum Gasteiger partial charge on any atom is 0.275 e. The van der Waals surface area contributed by atoms with Crippen molar-refractivity contribution in [1.82, 2.24) is 0 Å². The molecule has 0 heterocycles. The summed E-state index contributed by atoms with van der Waals surface area (Å²) in [5.74, 6) is 0. The van der Waals surface area contributed by atoms with Crippen molar-refractivity contribution in [2.45, 2.75) is 12.7 Å². The van der Waals surface area contributed by atoms with Gasteiger partial charge in [0.05, 0.1) is 29.8 Å². The first kappa shape index (κ1) is 15.4. The molecule has 0 amide bonds. The Morgan fingerprint density at radius 1 is 1.53 bits per heavy atom. The number of aliphatic hydroxyl groups excluding tert-OH is 2. The largest absolute Gasteiger partial charge is 0.391 e. The Labute approximate surface area is 111 Å². The van der Waals surface area contributed by atoms with Gasteiger partial charge in [-0.15, -0.1) is 0 Å². The van der Waals surface area contributed by atoms with Crippen LogP contribution in [0.25, 0.3) is 0 Å². The standard InChI is InChI=1S/C12H18N2O5/c1-13(6-11(16)8-19-2)10-3-4-12(14(17)18)9(5-10)7-15/h3-5,11,15-16H,6-8H2,1-2H3. The van der Waals surface area contributed by atoms with Crippen LogP contribution in [0.5, 0.6) is 0 Å². The average Bonchev–Trinajstić information content (AvgIpc) is 2.37. The summed E-state index contributed by atoms with van der Waals surface area (Å²) in [6, 6.07) is 4.47. The van der Waals surface area contributed by atoms with E-state index in [1.54, 1.807) is 18.0 Å². The molecular formula is C12H18N2O5. The minimum absolute atomic E-state index is 0.114. The Morgan fingerprint density at radius 3 is 2.74 bits per heavy atom. The van der Waals surface area contributed by atoms with E-state index in [0.29, 0.717) is 12.2 Å². The monoisotopic (exact) mass is 270 g/mol. The second kappa shape index (κ2) is 7.03. The smallest absolute Gasteiger partial charge is 0.275 e. The lowest BCUT2D eigenvalue weighted by molar-refractivity contribution is -0.385. The maximum atomic E-state index is 10.7. The Kier molecular flexibility index (Phi) is 5.68. The molecule has 7 heteroatoms. The molecule has 2 N–H and O–H groups in total. The molecule has 0 fully saturated rings. The molecule has 19 heavy (non-hydrogen) atoms. The number of likely N-dealkylation sites (N-methyl/N-ethyl adjacent to an activating group) is 1. The van der Waals surface area contributed by atoms with Crippen LogP contribution in [0.2, 0.25) is 0 Å². The molecule has 1 aromatic rings. The van der Waals surface area contributed by atoms with Crippen LogP contribution < -0.4 is 4.90 Å². The van der Waals surface area contributed by atoms with Gasteiger partial charge in [-0.25, -0.2) is 0 Å². The van der Waals surface area contributed by atoms with Crippen LogP contribution in [0.4, 0.5) is 11.4 Å². The molecule has 0 aliphatic carbocycles. The highest BCUT2D eigenvalue weighted by Gasteiger charge is 2.15. The Hall–Kier alpha value is -1.70. The fourth-order valence-corrected chi connectivity index (χ4v) is 1.78. The van der Waals surface area contributed by atoms with Crippen molar-refractivity contribution in [2.75, 3.05) is 32.2 Å². The zero-order valence-electron chi connectivity index (χ0n) is 10.9. The van der Waals surface area contributed by atoms with E-state index < -0.39 is 17.6 Å². The van der Waals surface area contributed by atoms with Gasteiger partial charge in [0.25, 0.3) is 5.69 Å². The van der Waals surface area contributed by atoms with E-state index in [0.717, 1.165) is 0 Å². The molecule has 0 bridgehead atoms. The second-order valence-electron chi connectivity index (χ2n) is 4.22. The van der Waals surface area contributed by atoms with Gasteiger partial charge in [0.1, 0.15) is 0 Å². The fourth-order valence-electron chi connectivity index (χ4n) is 1.78. The third-order valence-electron chi connectivity index (χ3n) is 2.71. The molecular weight excluding hydrogens is 252 g/mol. The summed E-state index contributed by atoms with van der Waals surface area (Å²) in [6.45, 7) is 0.138. The van der Waals surface area contributed by atoms with Gasteiger partial charge in [0.15, 0.2) is 0 Å². The lowest BCUT2D eigenvalue weighted by Gasteiger charge is -2.22. The van der Waals surface area contributed by atoms with Crippen LogP contribution in [0.3, 0.4) is 0 Å². The van der Waals surface area contributed by atoms with Crippen molar-refractivity contribution in [3.05, 3.63) is 33.9 Å². The molecule has 0 saturated carbocycles. The number of rotatable bonds is 7. The molecule has 7 nitrogen and oxygen atoms in total. The normalized spacial score (nSPS) is 12.2. The number of anilines is 1. The van der Waals surface area contributed by atoms with Gasteiger partial charge < -0.3 is 19.8 Å². The number of aliphatic hydroxyl groups is 2. The topological polar surface area (TPSA) is 96.1 Å². The van der Waals surface area contributed by atoms with Crippen molar-refractivity contribution in [3.8, 4) is 0 Å². The van der Waals surface area contributed by atoms with Gasteiger partial charge >= 0.3 is 0 Å². The van der Waals surface area contributed by atoms with Gasteiger partial charge in [-0.2, -0.15) is 0 Å². The Balaban J connectivity index is 2.86. The van der Waals surface area contributed by atoms with E-state index in [4.69, 9.17) is 9.84 Å². The zero-order valence-corrected chi connectivity index (χ0v) is 10.9. The summed E-state index contributed by atoms with van der Waals surface area (Å²) in [4.78, 5) is 12.0. The molecule has 0 saturated heterocycles. The summed E-state index contributed by atoms with van der Waals surface area (Å²) < 4.78 is 4.83. The highest BCUT2D eigenvalue weighted by Crippen LogP contribution is 2.24. The second-order valence-corrected chi connectivity index (χ2v) is 4.22. The number of methoxy groups -OCH3 is 1. The molecule has 1 aromatic carbocycles. The summed E-state index contributed by atoms with van der Waals surface area (Å²) in [6.07, 6.45) is -0.650. The number of nitrogens with zero attached hydrogens (tertiary/aromatic N) is 2. The van der Waals surface area contributed by atoms with Crippen LogP contribution in [0, 0.1) is 10.1 Å². The molecule has 106 valence electrons. The van der Waals surface area contributed by atoms with Crippen LogP contribution in [-0.4, -0.2) is 48.5 Å². The van der Waals surface area contributed by atoms with Crippen molar-refractivity contribution < 1.29 is 19.9 Å². The lowest BCUT2D eigenvalue weighted by Crippen LogP contribution is -2.31. The van der Waals surface area contributed by atoms with Crippen LogP contribution in [-0.2, 0) is 11.3 Å². The van der Waals surface area contributed by atoms with Crippen molar-refractivity contribution in [1.29, 1.82) is 0 Å². The van der Waals surface area contributed by atoms with Crippen molar-refractivity contribution in [3.63, 3.8) is 0 Å². The van der Waals surface area contributed by atoms with Crippen molar-refractivity contribution >= 4 is 11.4 Å². The first-order valence-corrected chi connectivity index (χ1v) is 5.76. The Bertz CT molecular complexity index is 438. The molecule has 0 spiro atoms. The number of nitro groups is 1. The van der Waals surface area contributed by atoms with E-state index >= 15 is 0 Å². The minimum Gasteiger partial charge on any atom is -0.391 e. The van der Waals surface area contributed by atoms with Crippen LogP contribution >= 0.6 is 0 Å². The predicted molar refractivity (Wildman–Crippen MR) is 70.2 cm³/mol. The van der Waals surface area contributed by atoms with Crippen LogP contribution in [0.1, 0.15) is 5.56 Å². The maximum absolute atomic E-state index is 10.7. The molecule has 1 unspecified atom stereocenters. The highest BCUT2D eigenvalue weighted by atomic mass is 16.6. The van der Waals surface area contributed by atoms with Gasteiger partial charge in [0.2, 0.25) is 0 Å². The number of hydrogen-bond acceptors (Lipinski definition) is 6. The first-order chi connectivity index (χ1) is 8.99. The Morgan fingerprint density at radius 2 is 2.21 bits per heavy atom. The molecule has 0 radical (unpaired) electrons. The molecule has 0 aliphatic heterocycles. The quantitative estimate of drug-likeness (QED) is 0.554. The lowest BCUT2D eigenvalue weighted by atomic mass is 10.1. The molecule has 1 rings (SSSR count). The van der Waals surface area contributed by atoms with E-state index in [1.807, 2.05) is 0 Å². The number of benzene rings is 1. The first-order valence-electron chi connectivity index (χ1n) is 5.76. The van der Waals surface area contributed by atoms with E-state index in [-0.39, 0.29) is 17.9 Å². The average molecular weight is 270 g/mol. The SMILES string of the molecule is COCC(O)CN(C)c1ccc([N+](=O)[O-])c(CO)c1. The minimum atomic E-state index is -0.650. The predicted octanol–water partition coefficient (Wildman–Crippen LogP) is 0.531. The molecule has 0 aliphatic rings. The van der Waals surface area contributed by atoms with E-state index in [1.165, 1.54) is 19.2 Å². The third kappa shape index (κ3) is 4.16. The third-order valence-corrected chi connectivity index (χ3v) is 2.71. The summed E-state index contributed by atoms with van der Waals surface area (Å²) in [5.41, 5.74) is 0.817. The zero-order chi connectivity index (χ0) is 14.4. The van der Waals surface area contributed by atoms with Gasteiger partial charge in [-0.05, 0) is 12.1 Å². The van der Waals surface area contributed by atoms with E-state index in [9.17, 15) is 15.2 Å². The summed E-state index contributed by atoms with van der Waals surface area (Å²) >= 11 is 0. The summed E-state index contributed by atoms with van der Waals surface area (Å²) in [5, 5.41) is 29.5. The van der Waals surface area contributed by atoms with Crippen LogP contribution in [0.15, 0.2) is 18.2 Å². The summed E-state index contributed by atoms with van der Waals surface area (Å²) in [7, 11) is 3.25. The molecule has 0 aromatic heterocycles. The number of nitro benzene ring substituents is 1.